The monoisotopic (exact) mass is 181 g/mol. The Morgan fingerprint density at radius 2 is 2.00 bits per heavy atom. The minimum atomic E-state index is -1.25. The van der Waals surface area contributed by atoms with Gasteiger partial charge in [0.1, 0.15) is 6.10 Å². The summed E-state index contributed by atoms with van der Waals surface area (Å²) in [4.78, 5) is 0. The van der Waals surface area contributed by atoms with E-state index in [0.717, 1.165) is 5.56 Å². The summed E-state index contributed by atoms with van der Waals surface area (Å²) in [7, 11) is 0. The number of fused-ring (bicyclic) bond motifs is 1. The average molecular weight is 181 g/mol. The van der Waals surface area contributed by atoms with E-state index in [9.17, 15) is 15.4 Å². The first-order chi connectivity index (χ1) is 6.11. The fourth-order valence-corrected chi connectivity index (χ4v) is 1.54. The molecule has 2 rings (SSSR count). The second kappa shape index (κ2) is 2.70. The Morgan fingerprint density at radius 1 is 1.31 bits per heavy atom. The Labute approximate surface area is 75.6 Å². The zero-order chi connectivity index (χ0) is 9.59. The van der Waals surface area contributed by atoms with Crippen LogP contribution in [-0.4, -0.2) is 21.6 Å². The Morgan fingerprint density at radius 3 is 2.69 bits per heavy atom. The minimum Gasteiger partial charge on any atom is -0.384 e. The van der Waals surface area contributed by atoms with E-state index < -0.39 is 12.3 Å². The van der Waals surface area contributed by atoms with Crippen molar-refractivity contribution in [2.75, 3.05) is 5.06 Å². The molecule has 4 heteroatoms. The number of nitrogens with zero attached hydrogens (tertiary/aromatic N) is 1. The highest BCUT2D eigenvalue weighted by atomic mass is 16.5. The van der Waals surface area contributed by atoms with Gasteiger partial charge in [-0.25, -0.2) is 5.06 Å². The van der Waals surface area contributed by atoms with E-state index in [1.165, 1.54) is 0 Å². The van der Waals surface area contributed by atoms with Crippen molar-refractivity contribution in [3.63, 3.8) is 0 Å². The molecule has 0 aromatic heterocycles. The lowest BCUT2D eigenvalue weighted by molar-refractivity contribution is -0.0164. The van der Waals surface area contributed by atoms with E-state index in [4.69, 9.17) is 0 Å². The van der Waals surface area contributed by atoms with Crippen LogP contribution < -0.4 is 5.06 Å². The molecule has 1 aromatic carbocycles. The molecule has 0 bridgehead atoms. The lowest BCUT2D eigenvalue weighted by Gasteiger charge is -2.15. The predicted octanol–water partition coefficient (Wildman–Crippen LogP) is 0.556. The van der Waals surface area contributed by atoms with Gasteiger partial charge in [0.25, 0.3) is 0 Å². The molecule has 4 nitrogen and oxygen atoms in total. The molecular formula is C9H11NO3. The molecule has 1 aromatic rings. The molecule has 1 heterocycles. The van der Waals surface area contributed by atoms with Crippen molar-refractivity contribution in [2.45, 2.75) is 19.3 Å². The van der Waals surface area contributed by atoms with Crippen LogP contribution in [-0.2, 0) is 0 Å². The molecule has 13 heavy (non-hydrogen) atoms. The van der Waals surface area contributed by atoms with E-state index >= 15 is 0 Å². The summed E-state index contributed by atoms with van der Waals surface area (Å²) < 4.78 is 0. The number of aliphatic hydroxyl groups excluding tert-OH is 2. The van der Waals surface area contributed by atoms with Crippen LogP contribution in [0.15, 0.2) is 18.2 Å². The van der Waals surface area contributed by atoms with Crippen molar-refractivity contribution in [1.82, 2.24) is 0 Å². The quantitative estimate of drug-likeness (QED) is 0.547. The topological polar surface area (TPSA) is 63.9 Å². The lowest BCUT2D eigenvalue weighted by atomic mass is 10.1. The largest absolute Gasteiger partial charge is 0.384 e. The molecule has 0 fully saturated rings. The van der Waals surface area contributed by atoms with Gasteiger partial charge in [0.05, 0.1) is 5.69 Å². The first-order valence-corrected chi connectivity index (χ1v) is 4.06. The molecule has 70 valence electrons. The molecule has 2 unspecified atom stereocenters. The maximum atomic E-state index is 9.46. The maximum absolute atomic E-state index is 9.46. The van der Waals surface area contributed by atoms with E-state index in [0.29, 0.717) is 16.3 Å². The van der Waals surface area contributed by atoms with Gasteiger partial charge in [0.15, 0.2) is 6.23 Å². The summed E-state index contributed by atoms with van der Waals surface area (Å²) in [5.41, 5.74) is 2.00. The van der Waals surface area contributed by atoms with Gasteiger partial charge < -0.3 is 10.2 Å². The molecule has 0 saturated heterocycles. The van der Waals surface area contributed by atoms with Crippen LogP contribution >= 0.6 is 0 Å². The standard InChI is InChI=1S/C9H11NO3/c1-5-2-3-6-7(4-5)10(13)9(12)8(6)11/h2-4,8-9,11-13H,1H3. The zero-order valence-corrected chi connectivity index (χ0v) is 7.18. The van der Waals surface area contributed by atoms with Crippen LogP contribution in [0.4, 0.5) is 5.69 Å². The summed E-state index contributed by atoms with van der Waals surface area (Å²) in [5, 5.41) is 28.8. The van der Waals surface area contributed by atoms with Crippen LogP contribution in [0.25, 0.3) is 0 Å². The van der Waals surface area contributed by atoms with Crippen LogP contribution in [0, 0.1) is 6.92 Å². The molecule has 3 N–H and O–H groups in total. The van der Waals surface area contributed by atoms with E-state index in [1.807, 2.05) is 13.0 Å². The summed E-state index contributed by atoms with van der Waals surface area (Å²) >= 11 is 0. The Bertz CT molecular complexity index is 340. The molecule has 2 atom stereocenters. The highest BCUT2D eigenvalue weighted by Crippen LogP contribution is 2.37. The van der Waals surface area contributed by atoms with Gasteiger partial charge in [0, 0.05) is 5.56 Å². The van der Waals surface area contributed by atoms with E-state index in [1.54, 1.807) is 12.1 Å². The highest BCUT2D eigenvalue weighted by molar-refractivity contribution is 5.59. The van der Waals surface area contributed by atoms with Gasteiger partial charge in [-0.2, -0.15) is 0 Å². The molecule has 1 aliphatic heterocycles. The van der Waals surface area contributed by atoms with Gasteiger partial charge in [-0.1, -0.05) is 12.1 Å². The third-order valence-electron chi connectivity index (χ3n) is 2.28. The van der Waals surface area contributed by atoms with Gasteiger partial charge >= 0.3 is 0 Å². The van der Waals surface area contributed by atoms with Crippen LogP contribution in [0.2, 0.25) is 0 Å². The van der Waals surface area contributed by atoms with E-state index in [2.05, 4.69) is 0 Å². The Balaban J connectivity index is 2.54. The normalized spacial score (nSPS) is 26.3. The molecule has 0 amide bonds. The van der Waals surface area contributed by atoms with Crippen molar-refractivity contribution in [2.24, 2.45) is 0 Å². The van der Waals surface area contributed by atoms with Crippen molar-refractivity contribution >= 4 is 5.69 Å². The predicted molar refractivity (Wildman–Crippen MR) is 46.4 cm³/mol. The van der Waals surface area contributed by atoms with Gasteiger partial charge in [0.2, 0.25) is 0 Å². The highest BCUT2D eigenvalue weighted by Gasteiger charge is 2.35. The maximum Gasteiger partial charge on any atom is 0.181 e. The lowest BCUT2D eigenvalue weighted by Crippen LogP contribution is -2.30. The number of benzene rings is 1. The van der Waals surface area contributed by atoms with Crippen molar-refractivity contribution in [3.8, 4) is 0 Å². The SMILES string of the molecule is Cc1ccc2c(c1)N(O)C(O)C2O. The van der Waals surface area contributed by atoms with Crippen molar-refractivity contribution in [3.05, 3.63) is 29.3 Å². The summed E-state index contributed by atoms with van der Waals surface area (Å²) in [6.45, 7) is 1.88. The van der Waals surface area contributed by atoms with Crippen LogP contribution in [0.3, 0.4) is 0 Å². The molecule has 0 aliphatic carbocycles. The third-order valence-corrected chi connectivity index (χ3v) is 2.28. The van der Waals surface area contributed by atoms with Crippen molar-refractivity contribution in [1.29, 1.82) is 0 Å². The second-order valence-corrected chi connectivity index (χ2v) is 3.27. The average Bonchev–Trinajstić information content (AvgIpc) is 2.32. The number of hydrogen-bond donors (Lipinski definition) is 3. The third kappa shape index (κ3) is 1.11. The number of hydroxylamine groups is 1. The number of rotatable bonds is 0. The number of hydrogen-bond acceptors (Lipinski definition) is 4. The first kappa shape index (κ1) is 8.50. The zero-order valence-electron chi connectivity index (χ0n) is 7.18. The smallest absolute Gasteiger partial charge is 0.181 e. The summed E-state index contributed by atoms with van der Waals surface area (Å²) in [6.07, 6.45) is -2.28. The molecule has 0 radical (unpaired) electrons. The molecule has 0 spiro atoms. The van der Waals surface area contributed by atoms with Crippen LogP contribution in [0.5, 0.6) is 0 Å². The molecular weight excluding hydrogens is 170 g/mol. The number of anilines is 1. The summed E-state index contributed by atoms with van der Waals surface area (Å²) in [5.74, 6) is 0. The van der Waals surface area contributed by atoms with E-state index in [-0.39, 0.29) is 0 Å². The number of aliphatic hydroxyl groups is 2. The first-order valence-electron chi connectivity index (χ1n) is 4.06. The molecule has 1 aliphatic rings. The fraction of sp³-hybridized carbons (Fsp3) is 0.333. The fourth-order valence-electron chi connectivity index (χ4n) is 1.54. The van der Waals surface area contributed by atoms with Crippen molar-refractivity contribution < 1.29 is 15.4 Å². The second-order valence-electron chi connectivity index (χ2n) is 3.27. The van der Waals surface area contributed by atoms with Gasteiger partial charge in [-0.05, 0) is 18.6 Å². The number of aryl methyl sites for hydroxylation is 1. The van der Waals surface area contributed by atoms with Crippen LogP contribution in [0.1, 0.15) is 17.2 Å². The Hall–Kier alpha value is -1.10. The van der Waals surface area contributed by atoms with Gasteiger partial charge in [-0.3, -0.25) is 5.21 Å². The minimum absolute atomic E-state index is 0.472. The van der Waals surface area contributed by atoms with Gasteiger partial charge in [-0.15, -0.1) is 0 Å². The Kier molecular flexibility index (Phi) is 1.76. The molecule has 0 saturated carbocycles. The summed E-state index contributed by atoms with van der Waals surface area (Å²) in [6, 6.07) is 5.25.